The number of carbonyl (C=O) groups excluding carboxylic acids is 1. The molecule has 1 saturated heterocycles. The fourth-order valence-electron chi connectivity index (χ4n) is 2.99. The van der Waals surface area contributed by atoms with Gasteiger partial charge in [0, 0.05) is 6.54 Å². The van der Waals surface area contributed by atoms with Crippen LogP contribution >= 0.6 is 0 Å². The van der Waals surface area contributed by atoms with E-state index < -0.39 is 5.54 Å². The van der Waals surface area contributed by atoms with Crippen LogP contribution in [0.3, 0.4) is 0 Å². The molecule has 3 heteroatoms. The molecule has 2 atom stereocenters. The van der Waals surface area contributed by atoms with Crippen LogP contribution < -0.4 is 0 Å². The Hall–Kier alpha value is -1.35. The topological polar surface area (TPSA) is 29.5 Å². The van der Waals surface area contributed by atoms with Crippen LogP contribution in [0.1, 0.15) is 32.3 Å². The number of methoxy groups -OCH3 is 1. The molecule has 2 rings (SSSR count). The van der Waals surface area contributed by atoms with Gasteiger partial charge >= 0.3 is 5.97 Å². The quantitative estimate of drug-likeness (QED) is 0.784. The number of carbonyl (C=O) groups is 1. The van der Waals surface area contributed by atoms with Crippen LogP contribution in [0.25, 0.3) is 0 Å². The van der Waals surface area contributed by atoms with Gasteiger partial charge in [0.25, 0.3) is 0 Å². The Bertz CT molecular complexity index is 432. The second kappa shape index (κ2) is 5.74. The molecule has 1 aliphatic rings. The fraction of sp³-hybridized carbons (Fsp3) is 0.562. The van der Waals surface area contributed by atoms with Crippen LogP contribution in [0.2, 0.25) is 0 Å². The van der Waals surface area contributed by atoms with E-state index in [9.17, 15) is 4.79 Å². The van der Waals surface area contributed by atoms with Crippen molar-refractivity contribution >= 4 is 5.97 Å². The minimum atomic E-state index is -0.676. The molecule has 1 heterocycles. The van der Waals surface area contributed by atoms with Gasteiger partial charge in [-0.2, -0.15) is 0 Å². The van der Waals surface area contributed by atoms with Crippen molar-refractivity contribution in [2.45, 2.75) is 32.2 Å². The number of hydrogen-bond donors (Lipinski definition) is 0. The number of nitrogens with zero attached hydrogens (tertiary/aromatic N) is 1. The maximum absolute atomic E-state index is 12.4. The second-order valence-corrected chi connectivity index (χ2v) is 5.62. The van der Waals surface area contributed by atoms with Gasteiger partial charge in [-0.25, -0.2) is 4.79 Å². The molecule has 3 nitrogen and oxygen atoms in total. The van der Waals surface area contributed by atoms with Crippen molar-refractivity contribution in [2.75, 3.05) is 20.2 Å². The molecule has 0 spiro atoms. The van der Waals surface area contributed by atoms with Gasteiger partial charge in [0.15, 0.2) is 0 Å². The lowest BCUT2D eigenvalue weighted by Gasteiger charge is -2.43. The lowest BCUT2D eigenvalue weighted by Crippen LogP contribution is -2.53. The van der Waals surface area contributed by atoms with Crippen molar-refractivity contribution in [3.8, 4) is 0 Å². The number of ether oxygens (including phenoxy) is 1. The summed E-state index contributed by atoms with van der Waals surface area (Å²) in [7, 11) is 1.47. The van der Waals surface area contributed by atoms with Gasteiger partial charge in [0.2, 0.25) is 0 Å². The summed E-state index contributed by atoms with van der Waals surface area (Å²) in [5.41, 5.74) is 0.334. The van der Waals surface area contributed by atoms with E-state index in [-0.39, 0.29) is 5.97 Å². The van der Waals surface area contributed by atoms with Crippen LogP contribution in [0.15, 0.2) is 30.3 Å². The number of likely N-dealkylation sites (tertiary alicyclic amines) is 1. The van der Waals surface area contributed by atoms with E-state index in [4.69, 9.17) is 4.74 Å². The minimum absolute atomic E-state index is 0.173. The summed E-state index contributed by atoms with van der Waals surface area (Å²) in [6, 6.07) is 9.94. The Balaban J connectivity index is 2.37. The maximum atomic E-state index is 12.4. The average molecular weight is 261 g/mol. The number of esters is 1. The molecule has 104 valence electrons. The first kappa shape index (κ1) is 14.1. The van der Waals surface area contributed by atoms with Crippen molar-refractivity contribution < 1.29 is 9.53 Å². The van der Waals surface area contributed by atoms with E-state index in [2.05, 4.69) is 11.8 Å². The van der Waals surface area contributed by atoms with Crippen molar-refractivity contribution in [2.24, 2.45) is 5.92 Å². The standard InChI is InChI=1S/C16H23NO2/c1-13-8-7-11-17(12-13)16(2,15(18)19-3)14-9-5-4-6-10-14/h4-6,9-10,13H,7-8,11-12H2,1-3H3/t13-,16-/m1/s1. The smallest absolute Gasteiger partial charge is 0.330 e. The Labute approximate surface area is 115 Å². The summed E-state index contributed by atoms with van der Waals surface area (Å²) in [6.45, 7) is 6.12. The SMILES string of the molecule is COC(=O)[C@@](C)(c1ccccc1)N1CCC[C@@H](C)C1. The molecule has 0 aromatic heterocycles. The van der Waals surface area contributed by atoms with E-state index in [0.717, 1.165) is 25.1 Å². The molecular weight excluding hydrogens is 238 g/mol. The molecule has 1 aromatic carbocycles. The molecule has 0 amide bonds. The third kappa shape index (κ3) is 2.66. The van der Waals surface area contributed by atoms with Gasteiger partial charge in [0.1, 0.15) is 5.54 Å². The lowest BCUT2D eigenvalue weighted by atomic mass is 9.86. The van der Waals surface area contributed by atoms with Gasteiger partial charge in [-0.15, -0.1) is 0 Å². The summed E-state index contributed by atoms with van der Waals surface area (Å²) in [4.78, 5) is 14.6. The van der Waals surface area contributed by atoms with Gasteiger partial charge in [-0.1, -0.05) is 37.3 Å². The third-order valence-electron chi connectivity index (χ3n) is 4.21. The zero-order chi connectivity index (χ0) is 13.9. The highest BCUT2D eigenvalue weighted by atomic mass is 16.5. The maximum Gasteiger partial charge on any atom is 0.330 e. The van der Waals surface area contributed by atoms with E-state index in [1.165, 1.54) is 13.5 Å². The molecule has 0 aliphatic carbocycles. The lowest BCUT2D eigenvalue weighted by molar-refractivity contribution is -0.156. The summed E-state index contributed by atoms with van der Waals surface area (Å²) < 4.78 is 5.08. The molecule has 0 unspecified atom stereocenters. The van der Waals surface area contributed by atoms with Gasteiger partial charge in [-0.05, 0) is 37.8 Å². The van der Waals surface area contributed by atoms with Crippen molar-refractivity contribution in [3.05, 3.63) is 35.9 Å². The molecule has 19 heavy (non-hydrogen) atoms. The molecule has 0 bridgehead atoms. The van der Waals surface area contributed by atoms with Crippen LogP contribution in [0.4, 0.5) is 0 Å². The first-order chi connectivity index (χ1) is 9.09. The number of piperidine rings is 1. The van der Waals surface area contributed by atoms with E-state index in [1.54, 1.807) is 0 Å². The largest absolute Gasteiger partial charge is 0.467 e. The summed E-state index contributed by atoms with van der Waals surface area (Å²) in [6.07, 6.45) is 2.38. The number of benzene rings is 1. The number of rotatable bonds is 3. The van der Waals surface area contributed by atoms with Gasteiger partial charge in [-0.3, -0.25) is 4.90 Å². The van der Waals surface area contributed by atoms with Crippen molar-refractivity contribution in [1.82, 2.24) is 4.90 Å². The van der Waals surface area contributed by atoms with E-state index in [0.29, 0.717) is 5.92 Å². The molecule has 1 aliphatic heterocycles. The van der Waals surface area contributed by atoms with Crippen LogP contribution in [-0.2, 0) is 15.1 Å². The van der Waals surface area contributed by atoms with Gasteiger partial charge in [0.05, 0.1) is 7.11 Å². The van der Waals surface area contributed by atoms with Crippen LogP contribution in [0, 0.1) is 5.92 Å². The minimum Gasteiger partial charge on any atom is -0.467 e. The Morgan fingerprint density at radius 1 is 1.37 bits per heavy atom. The average Bonchev–Trinajstić information content (AvgIpc) is 2.46. The first-order valence-corrected chi connectivity index (χ1v) is 6.98. The zero-order valence-electron chi connectivity index (χ0n) is 12.1. The predicted molar refractivity (Wildman–Crippen MR) is 75.8 cm³/mol. The fourth-order valence-corrected chi connectivity index (χ4v) is 2.99. The summed E-state index contributed by atoms with van der Waals surface area (Å²) in [5.74, 6) is 0.453. The summed E-state index contributed by atoms with van der Waals surface area (Å²) >= 11 is 0. The van der Waals surface area contributed by atoms with Crippen molar-refractivity contribution in [1.29, 1.82) is 0 Å². The van der Waals surface area contributed by atoms with Crippen LogP contribution in [0.5, 0.6) is 0 Å². The molecule has 0 radical (unpaired) electrons. The van der Waals surface area contributed by atoms with E-state index >= 15 is 0 Å². The zero-order valence-corrected chi connectivity index (χ0v) is 12.1. The van der Waals surface area contributed by atoms with Gasteiger partial charge < -0.3 is 4.74 Å². The number of hydrogen-bond acceptors (Lipinski definition) is 3. The molecule has 0 N–H and O–H groups in total. The van der Waals surface area contributed by atoms with Crippen LogP contribution in [-0.4, -0.2) is 31.1 Å². The monoisotopic (exact) mass is 261 g/mol. The Kier molecular flexibility index (Phi) is 4.25. The highest BCUT2D eigenvalue weighted by molar-refractivity contribution is 5.82. The molecular formula is C16H23NO2. The Morgan fingerprint density at radius 2 is 2.05 bits per heavy atom. The van der Waals surface area contributed by atoms with Crippen molar-refractivity contribution in [3.63, 3.8) is 0 Å². The molecule has 1 aromatic rings. The Morgan fingerprint density at radius 3 is 2.63 bits per heavy atom. The highest BCUT2D eigenvalue weighted by Gasteiger charge is 2.43. The summed E-state index contributed by atoms with van der Waals surface area (Å²) in [5, 5.41) is 0. The second-order valence-electron chi connectivity index (χ2n) is 5.62. The first-order valence-electron chi connectivity index (χ1n) is 6.98. The third-order valence-corrected chi connectivity index (χ3v) is 4.21. The highest BCUT2D eigenvalue weighted by Crippen LogP contribution is 2.33. The molecule has 0 saturated carbocycles. The molecule has 1 fully saturated rings. The van der Waals surface area contributed by atoms with E-state index in [1.807, 2.05) is 37.3 Å². The predicted octanol–water partition coefficient (Wildman–Crippen LogP) is 2.81. The normalized spacial score (nSPS) is 23.6.